The fraction of sp³-hybridized carbons (Fsp3) is 0.385. The molecule has 0 saturated heterocycles. The highest BCUT2D eigenvalue weighted by Gasteiger charge is 2.07. The molecule has 0 amide bonds. The van der Waals surface area contributed by atoms with Crippen LogP contribution in [0.5, 0.6) is 0 Å². The minimum Gasteiger partial charge on any atom is -0.368 e. The maximum absolute atomic E-state index is 4.16. The number of aryl methyl sites for hydroxylation is 2. The zero-order chi connectivity index (χ0) is 13.1. The van der Waals surface area contributed by atoms with Crippen LogP contribution in [0.4, 0.5) is 10.8 Å². The highest BCUT2D eigenvalue weighted by molar-refractivity contribution is 7.15. The number of hydrogen-bond acceptors (Lipinski definition) is 5. The summed E-state index contributed by atoms with van der Waals surface area (Å²) in [7, 11) is 3.94. The second-order valence-electron chi connectivity index (χ2n) is 4.45. The number of benzene rings is 1. The maximum Gasteiger partial charge on any atom is 0.205 e. The van der Waals surface area contributed by atoms with Crippen LogP contribution in [0.25, 0.3) is 0 Å². The van der Waals surface area contributed by atoms with Gasteiger partial charge < -0.3 is 10.2 Å². The summed E-state index contributed by atoms with van der Waals surface area (Å²) in [6.45, 7) is 5.02. The lowest BCUT2D eigenvalue weighted by Gasteiger charge is -2.18. The van der Waals surface area contributed by atoms with Crippen LogP contribution in [0, 0.1) is 13.8 Å². The van der Waals surface area contributed by atoms with Crippen molar-refractivity contribution in [2.45, 2.75) is 20.4 Å². The Labute approximate surface area is 112 Å². The molecular formula is C13H18N4S. The molecule has 5 heteroatoms. The number of nitrogens with zero attached hydrogens (tertiary/aromatic N) is 3. The van der Waals surface area contributed by atoms with Crippen molar-refractivity contribution in [1.29, 1.82) is 0 Å². The van der Waals surface area contributed by atoms with E-state index in [1.54, 1.807) is 11.3 Å². The Balaban J connectivity index is 2.13. The number of hydrogen-bond donors (Lipinski definition) is 1. The van der Waals surface area contributed by atoms with Crippen molar-refractivity contribution in [1.82, 2.24) is 10.2 Å². The zero-order valence-corrected chi connectivity index (χ0v) is 12.0. The quantitative estimate of drug-likeness (QED) is 0.920. The molecule has 0 fully saturated rings. The standard InChI is InChI=1S/C13H18N4S/c1-9-5-10(2)7-11(6-9)17(4)8-12-15-16-13(14-3)18-12/h5-7H,8H2,1-4H3,(H,14,16). The lowest BCUT2D eigenvalue weighted by molar-refractivity contribution is 0.879. The monoisotopic (exact) mass is 262 g/mol. The molecule has 2 aromatic rings. The smallest absolute Gasteiger partial charge is 0.205 e. The molecule has 0 unspecified atom stereocenters. The predicted molar refractivity (Wildman–Crippen MR) is 77.5 cm³/mol. The van der Waals surface area contributed by atoms with Gasteiger partial charge in [0.1, 0.15) is 5.01 Å². The molecule has 96 valence electrons. The summed E-state index contributed by atoms with van der Waals surface area (Å²) in [6.07, 6.45) is 0. The first kappa shape index (κ1) is 12.8. The first-order chi connectivity index (χ1) is 8.58. The van der Waals surface area contributed by atoms with E-state index >= 15 is 0 Å². The largest absolute Gasteiger partial charge is 0.368 e. The predicted octanol–water partition coefficient (Wildman–Crippen LogP) is 2.83. The van der Waals surface area contributed by atoms with E-state index in [-0.39, 0.29) is 0 Å². The minimum atomic E-state index is 0.780. The van der Waals surface area contributed by atoms with Crippen LogP contribution in [0.3, 0.4) is 0 Å². The third kappa shape index (κ3) is 2.98. The van der Waals surface area contributed by atoms with Gasteiger partial charge in [0, 0.05) is 19.8 Å². The molecule has 1 heterocycles. The SMILES string of the molecule is CNc1nnc(CN(C)c2cc(C)cc(C)c2)s1. The van der Waals surface area contributed by atoms with E-state index in [1.165, 1.54) is 16.8 Å². The lowest BCUT2D eigenvalue weighted by Crippen LogP contribution is -2.16. The van der Waals surface area contributed by atoms with Crippen LogP contribution in [0.15, 0.2) is 18.2 Å². The van der Waals surface area contributed by atoms with Crippen molar-refractivity contribution >= 4 is 22.2 Å². The van der Waals surface area contributed by atoms with E-state index in [9.17, 15) is 0 Å². The van der Waals surface area contributed by atoms with Gasteiger partial charge in [-0.25, -0.2) is 0 Å². The van der Waals surface area contributed by atoms with Crippen molar-refractivity contribution in [3.8, 4) is 0 Å². The molecule has 0 saturated carbocycles. The van der Waals surface area contributed by atoms with Crippen LogP contribution < -0.4 is 10.2 Å². The molecule has 0 aliphatic heterocycles. The van der Waals surface area contributed by atoms with Crippen LogP contribution in [0.1, 0.15) is 16.1 Å². The molecule has 0 aliphatic carbocycles. The van der Waals surface area contributed by atoms with Gasteiger partial charge in [-0.1, -0.05) is 17.4 Å². The van der Waals surface area contributed by atoms with E-state index in [0.717, 1.165) is 16.7 Å². The van der Waals surface area contributed by atoms with Gasteiger partial charge in [-0.3, -0.25) is 0 Å². The molecule has 1 N–H and O–H groups in total. The Morgan fingerprint density at radius 3 is 2.39 bits per heavy atom. The van der Waals surface area contributed by atoms with Crippen LogP contribution in [0.2, 0.25) is 0 Å². The molecule has 0 aliphatic rings. The molecule has 18 heavy (non-hydrogen) atoms. The van der Waals surface area contributed by atoms with Crippen molar-refractivity contribution in [3.63, 3.8) is 0 Å². The number of anilines is 2. The average molecular weight is 262 g/mol. The van der Waals surface area contributed by atoms with Crippen LogP contribution >= 0.6 is 11.3 Å². The summed E-state index contributed by atoms with van der Waals surface area (Å²) in [5.74, 6) is 0. The van der Waals surface area contributed by atoms with Crippen LogP contribution in [-0.2, 0) is 6.54 Å². The van der Waals surface area contributed by atoms with Crippen molar-refractivity contribution in [3.05, 3.63) is 34.3 Å². The fourth-order valence-electron chi connectivity index (χ4n) is 1.88. The highest BCUT2D eigenvalue weighted by atomic mass is 32.1. The number of aromatic nitrogens is 2. The Hall–Kier alpha value is -1.62. The van der Waals surface area contributed by atoms with Crippen molar-refractivity contribution in [2.75, 3.05) is 24.3 Å². The summed E-state index contributed by atoms with van der Waals surface area (Å²) in [6, 6.07) is 6.56. The molecule has 0 radical (unpaired) electrons. The summed E-state index contributed by atoms with van der Waals surface area (Å²) >= 11 is 1.59. The van der Waals surface area contributed by atoms with Gasteiger partial charge >= 0.3 is 0 Å². The number of rotatable bonds is 4. The average Bonchev–Trinajstić information content (AvgIpc) is 2.75. The molecule has 0 bridgehead atoms. The van der Waals surface area contributed by atoms with Gasteiger partial charge in [0.25, 0.3) is 0 Å². The second-order valence-corrected chi connectivity index (χ2v) is 5.51. The highest BCUT2D eigenvalue weighted by Crippen LogP contribution is 2.21. The molecule has 0 atom stereocenters. The topological polar surface area (TPSA) is 41.1 Å². The fourth-order valence-corrected chi connectivity index (χ4v) is 2.63. The van der Waals surface area contributed by atoms with E-state index in [4.69, 9.17) is 0 Å². The summed E-state index contributed by atoms with van der Waals surface area (Å²) in [5, 5.41) is 13.1. The lowest BCUT2D eigenvalue weighted by atomic mass is 10.1. The van der Waals surface area contributed by atoms with E-state index < -0.39 is 0 Å². The zero-order valence-electron chi connectivity index (χ0n) is 11.2. The summed E-state index contributed by atoms with van der Waals surface area (Å²) in [5.41, 5.74) is 3.78. The van der Waals surface area contributed by atoms with E-state index in [0.29, 0.717) is 0 Å². The molecular weight excluding hydrogens is 244 g/mol. The second kappa shape index (κ2) is 5.35. The van der Waals surface area contributed by atoms with Gasteiger partial charge in [0.15, 0.2) is 0 Å². The normalized spacial score (nSPS) is 10.4. The Morgan fingerprint density at radius 2 is 1.83 bits per heavy atom. The van der Waals surface area contributed by atoms with Gasteiger partial charge in [0.2, 0.25) is 5.13 Å². The van der Waals surface area contributed by atoms with E-state index in [2.05, 4.69) is 59.5 Å². The van der Waals surface area contributed by atoms with Crippen molar-refractivity contribution in [2.24, 2.45) is 0 Å². The number of nitrogens with one attached hydrogen (secondary N) is 1. The van der Waals surface area contributed by atoms with E-state index in [1.807, 2.05) is 7.05 Å². The first-order valence-corrected chi connectivity index (χ1v) is 6.69. The third-order valence-corrected chi connectivity index (χ3v) is 3.63. The van der Waals surface area contributed by atoms with Gasteiger partial charge in [-0.05, 0) is 37.1 Å². The Bertz CT molecular complexity index is 515. The first-order valence-electron chi connectivity index (χ1n) is 5.88. The maximum atomic E-state index is 4.16. The van der Waals surface area contributed by atoms with Gasteiger partial charge in [-0.2, -0.15) is 0 Å². The Morgan fingerprint density at radius 1 is 1.17 bits per heavy atom. The van der Waals surface area contributed by atoms with Crippen molar-refractivity contribution < 1.29 is 0 Å². The molecule has 4 nitrogen and oxygen atoms in total. The molecule has 1 aromatic heterocycles. The van der Waals surface area contributed by atoms with Gasteiger partial charge in [0.05, 0.1) is 6.54 Å². The third-order valence-electron chi connectivity index (χ3n) is 2.70. The summed E-state index contributed by atoms with van der Waals surface area (Å²) < 4.78 is 0. The molecule has 0 spiro atoms. The Kier molecular flexibility index (Phi) is 3.81. The minimum absolute atomic E-state index is 0.780. The van der Waals surface area contributed by atoms with Crippen LogP contribution in [-0.4, -0.2) is 24.3 Å². The summed E-state index contributed by atoms with van der Waals surface area (Å²) in [4.78, 5) is 2.19. The molecule has 1 aromatic carbocycles. The molecule has 2 rings (SSSR count). The van der Waals surface area contributed by atoms with Gasteiger partial charge in [-0.15, -0.1) is 10.2 Å².